The van der Waals surface area contributed by atoms with E-state index in [1.54, 1.807) is 11.0 Å². The van der Waals surface area contributed by atoms with E-state index in [2.05, 4.69) is 6.58 Å². The Bertz CT molecular complexity index is 193. The largest absolute Gasteiger partial charge is 0.338 e. The molecule has 0 saturated carbocycles. The Morgan fingerprint density at radius 1 is 1.75 bits per heavy atom. The maximum atomic E-state index is 11.2. The van der Waals surface area contributed by atoms with Crippen molar-refractivity contribution in [1.82, 2.24) is 4.90 Å². The molecule has 0 saturated heterocycles. The van der Waals surface area contributed by atoms with E-state index in [9.17, 15) is 4.79 Å². The fourth-order valence-electron chi connectivity index (χ4n) is 0.923. The van der Waals surface area contributed by atoms with Crippen LogP contribution in [0.2, 0.25) is 0 Å². The SMILES string of the molecule is C=CCN(CCC)C(=O)CC#N. The molecule has 0 aliphatic rings. The lowest BCUT2D eigenvalue weighted by molar-refractivity contribution is -0.129. The van der Waals surface area contributed by atoms with Crippen molar-refractivity contribution in [1.29, 1.82) is 5.26 Å². The molecule has 0 aromatic heterocycles. The van der Waals surface area contributed by atoms with Crippen LogP contribution in [0, 0.1) is 11.3 Å². The Balaban J connectivity index is 4.00. The van der Waals surface area contributed by atoms with Gasteiger partial charge in [-0.05, 0) is 6.42 Å². The first-order valence-corrected chi connectivity index (χ1v) is 4.01. The second-order valence-electron chi connectivity index (χ2n) is 2.46. The molecule has 0 heterocycles. The Labute approximate surface area is 73.3 Å². The van der Waals surface area contributed by atoms with Crippen molar-refractivity contribution in [2.45, 2.75) is 19.8 Å². The maximum absolute atomic E-state index is 11.2. The van der Waals surface area contributed by atoms with E-state index in [0.29, 0.717) is 13.1 Å². The smallest absolute Gasteiger partial charge is 0.237 e. The molecule has 12 heavy (non-hydrogen) atoms. The summed E-state index contributed by atoms with van der Waals surface area (Å²) in [6, 6.07) is 1.84. The fraction of sp³-hybridized carbons (Fsp3) is 0.556. The molecular weight excluding hydrogens is 152 g/mol. The van der Waals surface area contributed by atoms with Crippen molar-refractivity contribution < 1.29 is 4.79 Å². The minimum absolute atomic E-state index is 0.0339. The van der Waals surface area contributed by atoms with Gasteiger partial charge in [0.2, 0.25) is 5.91 Å². The first-order chi connectivity index (χ1) is 5.76. The van der Waals surface area contributed by atoms with E-state index in [-0.39, 0.29) is 12.3 Å². The summed E-state index contributed by atoms with van der Waals surface area (Å²) >= 11 is 0. The van der Waals surface area contributed by atoms with E-state index in [0.717, 1.165) is 6.42 Å². The van der Waals surface area contributed by atoms with Crippen molar-refractivity contribution in [2.24, 2.45) is 0 Å². The molecule has 0 aliphatic carbocycles. The summed E-state index contributed by atoms with van der Waals surface area (Å²) in [7, 11) is 0. The summed E-state index contributed by atoms with van der Waals surface area (Å²) in [5.41, 5.74) is 0. The van der Waals surface area contributed by atoms with Crippen LogP contribution in [0.3, 0.4) is 0 Å². The zero-order valence-electron chi connectivity index (χ0n) is 7.42. The molecule has 0 spiro atoms. The van der Waals surface area contributed by atoms with E-state index >= 15 is 0 Å². The molecule has 0 unspecified atom stereocenters. The van der Waals surface area contributed by atoms with Gasteiger partial charge < -0.3 is 4.90 Å². The van der Waals surface area contributed by atoms with Gasteiger partial charge in [0.25, 0.3) is 0 Å². The molecule has 0 fully saturated rings. The third kappa shape index (κ3) is 3.77. The van der Waals surface area contributed by atoms with Crippen LogP contribution in [0.1, 0.15) is 19.8 Å². The number of carbonyl (C=O) groups excluding carboxylic acids is 1. The number of amides is 1. The third-order valence-corrected chi connectivity index (χ3v) is 1.43. The molecule has 0 atom stereocenters. The van der Waals surface area contributed by atoms with Crippen molar-refractivity contribution in [3.63, 3.8) is 0 Å². The molecule has 0 aliphatic heterocycles. The molecule has 3 nitrogen and oxygen atoms in total. The summed E-state index contributed by atoms with van der Waals surface area (Å²) in [5, 5.41) is 8.30. The highest BCUT2D eigenvalue weighted by molar-refractivity contribution is 5.78. The fourth-order valence-corrected chi connectivity index (χ4v) is 0.923. The minimum atomic E-state index is -0.112. The van der Waals surface area contributed by atoms with Gasteiger partial charge in [0, 0.05) is 13.1 Å². The lowest BCUT2D eigenvalue weighted by atomic mass is 10.3. The molecule has 0 rings (SSSR count). The molecule has 0 bridgehead atoms. The van der Waals surface area contributed by atoms with Crippen LogP contribution < -0.4 is 0 Å². The highest BCUT2D eigenvalue weighted by Gasteiger charge is 2.09. The Kier molecular flexibility index (Phi) is 5.72. The van der Waals surface area contributed by atoms with E-state index in [4.69, 9.17) is 5.26 Å². The van der Waals surface area contributed by atoms with Crippen molar-refractivity contribution in [3.8, 4) is 6.07 Å². The number of nitrogens with zero attached hydrogens (tertiary/aromatic N) is 2. The number of carbonyl (C=O) groups is 1. The second-order valence-corrected chi connectivity index (χ2v) is 2.46. The van der Waals surface area contributed by atoms with Gasteiger partial charge in [0.05, 0.1) is 6.07 Å². The van der Waals surface area contributed by atoms with Gasteiger partial charge in [0.15, 0.2) is 0 Å². The van der Waals surface area contributed by atoms with Gasteiger partial charge in [0.1, 0.15) is 6.42 Å². The maximum Gasteiger partial charge on any atom is 0.237 e. The quantitative estimate of drug-likeness (QED) is 0.578. The van der Waals surface area contributed by atoms with Crippen molar-refractivity contribution in [3.05, 3.63) is 12.7 Å². The van der Waals surface area contributed by atoms with Gasteiger partial charge in [-0.1, -0.05) is 13.0 Å². The lowest BCUT2D eigenvalue weighted by Gasteiger charge is -2.18. The second kappa shape index (κ2) is 6.41. The molecule has 3 heteroatoms. The topological polar surface area (TPSA) is 44.1 Å². The number of hydrogen-bond donors (Lipinski definition) is 0. The normalized spacial score (nSPS) is 8.67. The van der Waals surface area contributed by atoms with E-state index in [1.165, 1.54) is 0 Å². The predicted molar refractivity (Wildman–Crippen MR) is 47.3 cm³/mol. The standard InChI is InChI=1S/C9H14N2O/c1-3-7-11(8-4-2)9(12)5-6-10/h3H,1,4-5,7-8H2,2H3. The molecule has 0 N–H and O–H groups in total. The Hall–Kier alpha value is -1.30. The summed E-state index contributed by atoms with van der Waals surface area (Å²) in [6.07, 6.45) is 2.55. The predicted octanol–water partition coefficient (Wildman–Crippen LogP) is 1.32. The van der Waals surface area contributed by atoms with Gasteiger partial charge in [-0.15, -0.1) is 6.58 Å². The molecule has 0 aromatic carbocycles. The van der Waals surface area contributed by atoms with E-state index < -0.39 is 0 Å². The molecule has 66 valence electrons. The first kappa shape index (κ1) is 10.7. The monoisotopic (exact) mass is 166 g/mol. The summed E-state index contributed by atoms with van der Waals surface area (Å²) in [5.74, 6) is -0.112. The highest BCUT2D eigenvalue weighted by atomic mass is 16.2. The van der Waals surface area contributed by atoms with Crippen LogP contribution in [0.15, 0.2) is 12.7 Å². The molecule has 1 amide bonds. The van der Waals surface area contributed by atoms with Crippen LogP contribution >= 0.6 is 0 Å². The van der Waals surface area contributed by atoms with Crippen LogP contribution in [-0.2, 0) is 4.79 Å². The van der Waals surface area contributed by atoms with Gasteiger partial charge in [-0.25, -0.2) is 0 Å². The minimum Gasteiger partial charge on any atom is -0.338 e. The Morgan fingerprint density at radius 3 is 2.83 bits per heavy atom. The van der Waals surface area contributed by atoms with Crippen LogP contribution in [-0.4, -0.2) is 23.9 Å². The summed E-state index contributed by atoms with van der Waals surface area (Å²) in [4.78, 5) is 12.8. The van der Waals surface area contributed by atoms with Crippen molar-refractivity contribution in [2.75, 3.05) is 13.1 Å². The average molecular weight is 166 g/mol. The van der Waals surface area contributed by atoms with Gasteiger partial charge in [-0.3, -0.25) is 4.79 Å². The summed E-state index contributed by atoms with van der Waals surface area (Å²) < 4.78 is 0. The van der Waals surface area contributed by atoms with Crippen LogP contribution in [0.25, 0.3) is 0 Å². The van der Waals surface area contributed by atoms with Crippen molar-refractivity contribution >= 4 is 5.91 Å². The third-order valence-electron chi connectivity index (χ3n) is 1.43. The Morgan fingerprint density at radius 2 is 2.42 bits per heavy atom. The summed E-state index contributed by atoms with van der Waals surface area (Å²) in [6.45, 7) is 6.78. The molecular formula is C9H14N2O. The average Bonchev–Trinajstić information content (AvgIpc) is 2.04. The first-order valence-electron chi connectivity index (χ1n) is 4.01. The van der Waals surface area contributed by atoms with Gasteiger partial charge >= 0.3 is 0 Å². The van der Waals surface area contributed by atoms with E-state index in [1.807, 2.05) is 13.0 Å². The number of nitriles is 1. The van der Waals surface area contributed by atoms with Crippen LogP contribution in [0.4, 0.5) is 0 Å². The highest BCUT2D eigenvalue weighted by Crippen LogP contribution is 1.95. The lowest BCUT2D eigenvalue weighted by Crippen LogP contribution is -2.31. The zero-order valence-corrected chi connectivity index (χ0v) is 7.42. The van der Waals surface area contributed by atoms with Crippen LogP contribution in [0.5, 0.6) is 0 Å². The number of rotatable bonds is 5. The molecule has 0 aromatic rings. The van der Waals surface area contributed by atoms with Gasteiger partial charge in [-0.2, -0.15) is 5.26 Å². The number of hydrogen-bond acceptors (Lipinski definition) is 2. The molecule has 0 radical (unpaired) electrons. The zero-order chi connectivity index (χ0) is 9.40.